The highest BCUT2D eigenvalue weighted by molar-refractivity contribution is 5.97. The Hall–Kier alpha value is -6.31. The number of carboxylic acid groups (broad SMARTS) is 2. The zero-order chi connectivity index (χ0) is 37.3. The van der Waals surface area contributed by atoms with Crippen LogP contribution in [0.5, 0.6) is 0 Å². The predicted molar refractivity (Wildman–Crippen MR) is 179 cm³/mol. The maximum atomic E-state index is 13.5. The highest BCUT2D eigenvalue weighted by atomic mass is 16.4. The summed E-state index contributed by atoms with van der Waals surface area (Å²) in [5.74, 6) is -6.76. The molecule has 1 aromatic carbocycles. The molecule has 0 bridgehead atoms. The van der Waals surface area contributed by atoms with E-state index < -0.39 is 72.2 Å². The number of carbonyl (C=O) groups is 6. The maximum absolute atomic E-state index is 13.5. The third kappa shape index (κ3) is 13.6. The fourth-order valence-corrected chi connectivity index (χ4v) is 4.87. The third-order valence-electron chi connectivity index (χ3n) is 7.45. The van der Waals surface area contributed by atoms with E-state index in [0.717, 1.165) is 0 Å². The van der Waals surface area contributed by atoms with Crippen molar-refractivity contribution in [1.29, 1.82) is 5.41 Å². The molecule has 0 saturated carbocycles. The van der Waals surface area contributed by atoms with Crippen molar-refractivity contribution in [2.75, 3.05) is 6.54 Å². The molecule has 3 aromatic rings. The Morgan fingerprint density at radius 1 is 0.745 bits per heavy atom. The number of imidazole rings is 2. The lowest BCUT2D eigenvalue weighted by Gasteiger charge is -2.26. The summed E-state index contributed by atoms with van der Waals surface area (Å²) in [7, 11) is 0. The van der Waals surface area contributed by atoms with E-state index in [1.165, 1.54) is 18.9 Å². The summed E-state index contributed by atoms with van der Waals surface area (Å²) < 4.78 is 0. The normalized spacial score (nSPS) is 13.7. The van der Waals surface area contributed by atoms with Crippen LogP contribution in [0.2, 0.25) is 0 Å². The van der Waals surface area contributed by atoms with Crippen LogP contribution < -0.4 is 38.1 Å². The molecule has 5 atom stereocenters. The van der Waals surface area contributed by atoms with Crippen LogP contribution in [-0.2, 0) is 48.0 Å². The van der Waals surface area contributed by atoms with E-state index in [1.807, 2.05) is 0 Å². The van der Waals surface area contributed by atoms with E-state index in [4.69, 9.17) is 16.9 Å². The number of aromatic amines is 2. The Morgan fingerprint density at radius 2 is 1.29 bits per heavy atom. The molecule has 20 nitrogen and oxygen atoms in total. The van der Waals surface area contributed by atoms with Gasteiger partial charge in [-0.2, -0.15) is 0 Å². The predicted octanol–water partition coefficient (Wildman–Crippen LogP) is -2.75. The number of nitrogens with two attached hydrogens (primary N) is 2. The summed E-state index contributed by atoms with van der Waals surface area (Å²) in [6.07, 6.45) is 4.76. The van der Waals surface area contributed by atoms with E-state index in [2.05, 4.69) is 46.5 Å². The zero-order valence-corrected chi connectivity index (χ0v) is 27.4. The van der Waals surface area contributed by atoms with Crippen LogP contribution in [0.25, 0.3) is 0 Å². The van der Waals surface area contributed by atoms with Crippen molar-refractivity contribution in [2.24, 2.45) is 11.5 Å². The van der Waals surface area contributed by atoms with Crippen molar-refractivity contribution >= 4 is 41.5 Å². The minimum atomic E-state index is -1.74. The lowest BCUT2D eigenvalue weighted by atomic mass is 10.0. The first-order valence-electron chi connectivity index (χ1n) is 15.8. The topological polar surface area (TPSA) is 336 Å². The highest BCUT2D eigenvalue weighted by Gasteiger charge is 2.33. The Bertz CT molecular complexity index is 1620. The molecule has 3 rings (SSSR count). The molecule has 14 N–H and O–H groups in total. The number of aliphatic carboxylic acids is 2. The number of rotatable bonds is 21. The minimum absolute atomic E-state index is 0.0373. The van der Waals surface area contributed by atoms with Gasteiger partial charge in [0.05, 0.1) is 36.5 Å². The summed E-state index contributed by atoms with van der Waals surface area (Å²) >= 11 is 0. The molecule has 51 heavy (non-hydrogen) atoms. The summed E-state index contributed by atoms with van der Waals surface area (Å²) in [6, 6.07) is 1.54. The first-order valence-corrected chi connectivity index (χ1v) is 15.8. The van der Waals surface area contributed by atoms with Gasteiger partial charge < -0.3 is 58.2 Å². The highest BCUT2D eigenvalue weighted by Crippen LogP contribution is 2.08. The van der Waals surface area contributed by atoms with Gasteiger partial charge in [0.2, 0.25) is 23.6 Å². The number of guanidine groups is 1. The van der Waals surface area contributed by atoms with Crippen LogP contribution >= 0.6 is 0 Å². The smallest absolute Gasteiger partial charge is 0.326 e. The number of H-pyrrole nitrogens is 2. The molecule has 20 heteroatoms. The van der Waals surface area contributed by atoms with Crippen molar-refractivity contribution in [2.45, 2.75) is 68.7 Å². The van der Waals surface area contributed by atoms with Gasteiger partial charge in [0.25, 0.3) is 0 Å². The van der Waals surface area contributed by atoms with E-state index in [9.17, 15) is 39.0 Å². The van der Waals surface area contributed by atoms with Gasteiger partial charge in [-0.25, -0.2) is 14.8 Å². The first kappa shape index (κ1) is 39.1. The quantitative estimate of drug-likeness (QED) is 0.0303. The van der Waals surface area contributed by atoms with Crippen LogP contribution in [0.3, 0.4) is 0 Å². The van der Waals surface area contributed by atoms with Crippen LogP contribution in [-0.4, -0.2) is 108 Å². The van der Waals surface area contributed by atoms with Crippen molar-refractivity contribution in [1.82, 2.24) is 46.5 Å². The molecular formula is C31H42N12O8. The van der Waals surface area contributed by atoms with E-state index >= 15 is 0 Å². The van der Waals surface area contributed by atoms with Gasteiger partial charge in [-0.15, -0.1) is 0 Å². The molecule has 0 aliphatic carbocycles. The molecule has 0 unspecified atom stereocenters. The van der Waals surface area contributed by atoms with Gasteiger partial charge in [0.15, 0.2) is 5.96 Å². The number of hydrogen-bond donors (Lipinski definition) is 12. The van der Waals surface area contributed by atoms with Crippen molar-refractivity contribution in [3.05, 3.63) is 72.3 Å². The Morgan fingerprint density at radius 3 is 1.86 bits per heavy atom. The zero-order valence-electron chi connectivity index (χ0n) is 27.4. The average Bonchev–Trinajstić information content (AvgIpc) is 3.80. The van der Waals surface area contributed by atoms with E-state index in [1.54, 1.807) is 36.5 Å². The number of carboxylic acids is 2. The van der Waals surface area contributed by atoms with Gasteiger partial charge in [0, 0.05) is 38.2 Å². The number of amides is 4. The minimum Gasteiger partial charge on any atom is -0.481 e. The Kier molecular flexibility index (Phi) is 15.1. The van der Waals surface area contributed by atoms with Crippen LogP contribution in [0.15, 0.2) is 55.4 Å². The standard InChI is InChI=1S/C31H42N12O8/c32-20(10-18-13-35-15-38-18)26(46)41-22(11-19-14-36-16-39-19)28(48)42-23(12-25(44)45)29(49)40-21(7-4-8-37-31(33)34)27(47)43-24(30(50)51)9-17-5-2-1-3-6-17/h1-3,5-6,13-16,20-24H,4,7-12,32H2,(H,35,38)(H,36,39)(H,40,49)(H,41,46)(H,42,48)(H,43,47)(H,44,45)(H,50,51)(H4,33,34,37)/t20-,21-,22-,23-,24-/m0/s1. The number of aromatic nitrogens is 4. The monoisotopic (exact) mass is 710 g/mol. The van der Waals surface area contributed by atoms with Crippen molar-refractivity contribution in [3.63, 3.8) is 0 Å². The van der Waals surface area contributed by atoms with Crippen molar-refractivity contribution < 1.29 is 39.0 Å². The lowest BCUT2D eigenvalue weighted by Crippen LogP contribution is -2.59. The fourth-order valence-electron chi connectivity index (χ4n) is 4.87. The molecule has 0 saturated heterocycles. The fraction of sp³-hybridized carbons (Fsp3) is 0.387. The Labute approximate surface area is 291 Å². The molecule has 0 spiro atoms. The van der Waals surface area contributed by atoms with Crippen LogP contribution in [0.4, 0.5) is 0 Å². The van der Waals surface area contributed by atoms with Gasteiger partial charge in [-0.3, -0.25) is 29.4 Å². The number of nitrogens with zero attached hydrogens (tertiary/aromatic N) is 2. The SMILES string of the molecule is N=C(N)NCCC[C@H](NC(=O)[C@H](CC(=O)O)NC(=O)[C@H](Cc1c[nH]cn1)NC(=O)[C@@H](N)Cc1c[nH]cn1)C(=O)N[C@@H](Cc1ccccc1)C(=O)O. The molecule has 0 aliphatic rings. The van der Waals surface area contributed by atoms with Gasteiger partial charge in [-0.05, 0) is 18.4 Å². The number of benzene rings is 1. The second-order valence-electron chi connectivity index (χ2n) is 11.5. The van der Waals surface area contributed by atoms with E-state index in [0.29, 0.717) is 17.0 Å². The molecule has 2 heterocycles. The summed E-state index contributed by atoms with van der Waals surface area (Å²) in [4.78, 5) is 90.9. The third-order valence-corrected chi connectivity index (χ3v) is 7.45. The van der Waals surface area contributed by atoms with Crippen LogP contribution in [0, 0.1) is 5.41 Å². The largest absolute Gasteiger partial charge is 0.481 e. The van der Waals surface area contributed by atoms with Gasteiger partial charge in [0.1, 0.15) is 24.2 Å². The molecular weight excluding hydrogens is 668 g/mol. The number of hydrogen-bond acceptors (Lipinski definition) is 10. The second-order valence-corrected chi connectivity index (χ2v) is 11.5. The average molecular weight is 711 g/mol. The molecule has 0 aliphatic heterocycles. The number of nitrogens with one attached hydrogen (secondary N) is 8. The molecule has 0 fully saturated rings. The summed E-state index contributed by atoms with van der Waals surface area (Å²) in [5, 5.41) is 39.0. The molecule has 274 valence electrons. The van der Waals surface area contributed by atoms with Crippen molar-refractivity contribution in [3.8, 4) is 0 Å². The Balaban J connectivity index is 1.78. The summed E-state index contributed by atoms with van der Waals surface area (Å²) in [6.45, 7) is 0.119. The molecule has 0 radical (unpaired) electrons. The van der Waals surface area contributed by atoms with E-state index in [-0.39, 0.29) is 44.6 Å². The number of carbonyl (C=O) groups excluding carboxylic acids is 4. The second kappa shape index (κ2) is 19.6. The molecule has 4 amide bonds. The maximum Gasteiger partial charge on any atom is 0.326 e. The first-order chi connectivity index (χ1) is 24.3. The lowest BCUT2D eigenvalue weighted by molar-refractivity contribution is -0.143. The van der Waals surface area contributed by atoms with Crippen LogP contribution in [0.1, 0.15) is 36.2 Å². The van der Waals surface area contributed by atoms with Gasteiger partial charge >= 0.3 is 11.9 Å². The molecule has 2 aromatic heterocycles. The van der Waals surface area contributed by atoms with Gasteiger partial charge in [-0.1, -0.05) is 30.3 Å². The summed E-state index contributed by atoms with van der Waals surface area (Å²) in [5.41, 5.74) is 12.8.